The quantitative estimate of drug-likeness (QED) is 0.483. The number of hydrogen-bond acceptors (Lipinski definition) is 1. The number of thiol groups is 1. The molecule has 0 unspecified atom stereocenters. The normalized spacial score (nSPS) is 13.0. The van der Waals surface area contributed by atoms with E-state index < -0.39 is 0 Å². The van der Waals surface area contributed by atoms with Crippen LogP contribution in [0.4, 0.5) is 0 Å². The highest BCUT2D eigenvalue weighted by Gasteiger charge is 2.00. The van der Waals surface area contributed by atoms with Crippen molar-refractivity contribution in [1.82, 2.24) is 0 Å². The van der Waals surface area contributed by atoms with Gasteiger partial charge in [-0.15, -0.1) is 12.6 Å². The van der Waals surface area contributed by atoms with Crippen LogP contribution in [-0.4, -0.2) is 0 Å². The van der Waals surface area contributed by atoms with Crippen LogP contribution in [0.25, 0.3) is 0 Å². The van der Waals surface area contributed by atoms with Gasteiger partial charge in [0.25, 0.3) is 0 Å². The second kappa shape index (κ2) is 5.25. The van der Waals surface area contributed by atoms with E-state index in [1.807, 2.05) is 25.2 Å². The first kappa shape index (κ1) is 10.6. The van der Waals surface area contributed by atoms with Gasteiger partial charge in [0.1, 0.15) is 0 Å². The molecule has 0 N–H and O–H groups in total. The van der Waals surface area contributed by atoms with Gasteiger partial charge in [0.2, 0.25) is 0 Å². The summed E-state index contributed by atoms with van der Waals surface area (Å²) < 4.78 is 0. The lowest BCUT2D eigenvalue weighted by molar-refractivity contribution is 0.792. The molecule has 0 aromatic carbocycles. The first-order valence-electron chi connectivity index (χ1n) is 3.80. The van der Waals surface area contributed by atoms with Crippen molar-refractivity contribution in [3.05, 3.63) is 35.3 Å². The van der Waals surface area contributed by atoms with Crippen molar-refractivity contribution in [2.75, 3.05) is 0 Å². The van der Waals surface area contributed by atoms with Crippen LogP contribution in [0.5, 0.6) is 0 Å². The van der Waals surface area contributed by atoms with Gasteiger partial charge in [-0.25, -0.2) is 0 Å². The Balaban J connectivity index is 4.24. The average molecular weight is 168 g/mol. The van der Waals surface area contributed by atoms with Crippen LogP contribution in [0.15, 0.2) is 35.3 Å². The molecule has 0 heterocycles. The van der Waals surface area contributed by atoms with Gasteiger partial charge in [0.05, 0.1) is 0 Å². The van der Waals surface area contributed by atoms with Crippen LogP contribution in [0, 0.1) is 5.92 Å². The standard InChI is InChI=1S/C10H16S/c1-5-6-7-10(11)9(4)8(2)3/h5-8,11H,4H2,1-3H3/b6-5-,10-7+. The Bertz CT molecular complexity index is 185. The topological polar surface area (TPSA) is 0 Å². The minimum absolute atomic E-state index is 0.476. The predicted octanol–water partition coefficient (Wildman–Crippen LogP) is 3.59. The lowest BCUT2D eigenvalue weighted by Crippen LogP contribution is -1.91. The molecule has 0 saturated carbocycles. The van der Waals surface area contributed by atoms with Gasteiger partial charge in [0, 0.05) is 4.91 Å². The first-order chi connectivity index (χ1) is 5.09. The summed E-state index contributed by atoms with van der Waals surface area (Å²) in [6.07, 6.45) is 5.91. The Labute approximate surface area is 75.1 Å². The van der Waals surface area contributed by atoms with Crippen LogP contribution >= 0.6 is 12.6 Å². The highest BCUT2D eigenvalue weighted by molar-refractivity contribution is 7.84. The molecule has 0 rings (SSSR count). The fraction of sp³-hybridized carbons (Fsp3) is 0.400. The van der Waals surface area contributed by atoms with Gasteiger partial charge in [-0.2, -0.15) is 0 Å². The molecule has 1 heteroatoms. The highest BCUT2D eigenvalue weighted by Crippen LogP contribution is 2.19. The van der Waals surface area contributed by atoms with E-state index in [0.29, 0.717) is 5.92 Å². The molecule has 0 bridgehead atoms. The second-order valence-electron chi connectivity index (χ2n) is 2.76. The van der Waals surface area contributed by atoms with Crippen LogP contribution in [0.3, 0.4) is 0 Å². The van der Waals surface area contributed by atoms with Crippen molar-refractivity contribution in [2.45, 2.75) is 20.8 Å². The Morgan fingerprint density at radius 2 is 2.00 bits per heavy atom. The molecule has 0 spiro atoms. The van der Waals surface area contributed by atoms with Crippen molar-refractivity contribution in [2.24, 2.45) is 5.92 Å². The molecule has 62 valence electrons. The Kier molecular flexibility index (Phi) is 5.05. The average Bonchev–Trinajstić information content (AvgIpc) is 1.98. The van der Waals surface area contributed by atoms with E-state index in [4.69, 9.17) is 0 Å². The molecule has 0 aliphatic heterocycles. The third kappa shape index (κ3) is 4.10. The summed E-state index contributed by atoms with van der Waals surface area (Å²) in [7, 11) is 0. The number of hydrogen-bond donors (Lipinski definition) is 1. The third-order valence-electron chi connectivity index (χ3n) is 1.47. The molecule has 0 atom stereocenters. The molecule has 0 amide bonds. The smallest absolute Gasteiger partial charge is 0.00686 e. The lowest BCUT2D eigenvalue weighted by Gasteiger charge is -2.07. The summed E-state index contributed by atoms with van der Waals surface area (Å²) in [6, 6.07) is 0. The summed E-state index contributed by atoms with van der Waals surface area (Å²) in [6.45, 7) is 10.1. The van der Waals surface area contributed by atoms with Crippen LogP contribution < -0.4 is 0 Å². The zero-order valence-electron chi connectivity index (χ0n) is 7.46. The zero-order chi connectivity index (χ0) is 8.85. The van der Waals surface area contributed by atoms with E-state index >= 15 is 0 Å². The number of allylic oxidation sites excluding steroid dienone is 4. The molecule has 0 nitrogen and oxygen atoms in total. The largest absolute Gasteiger partial charge is 0.143 e. The van der Waals surface area contributed by atoms with E-state index in [0.717, 1.165) is 10.5 Å². The summed E-state index contributed by atoms with van der Waals surface area (Å²) in [5.41, 5.74) is 1.09. The zero-order valence-corrected chi connectivity index (χ0v) is 8.36. The molecule has 0 fully saturated rings. The van der Waals surface area contributed by atoms with Gasteiger partial charge in [0.15, 0.2) is 0 Å². The maximum atomic E-state index is 4.31. The molecule has 0 aliphatic carbocycles. The van der Waals surface area contributed by atoms with E-state index in [2.05, 4.69) is 33.1 Å². The van der Waals surface area contributed by atoms with E-state index in [1.165, 1.54) is 0 Å². The van der Waals surface area contributed by atoms with E-state index in [9.17, 15) is 0 Å². The van der Waals surface area contributed by atoms with Crippen molar-refractivity contribution >= 4 is 12.6 Å². The van der Waals surface area contributed by atoms with Crippen LogP contribution in [0.2, 0.25) is 0 Å². The van der Waals surface area contributed by atoms with E-state index in [-0.39, 0.29) is 0 Å². The van der Waals surface area contributed by atoms with Gasteiger partial charge >= 0.3 is 0 Å². The lowest BCUT2D eigenvalue weighted by atomic mass is 10.0. The van der Waals surface area contributed by atoms with E-state index in [1.54, 1.807) is 0 Å². The minimum atomic E-state index is 0.476. The minimum Gasteiger partial charge on any atom is -0.143 e. The first-order valence-corrected chi connectivity index (χ1v) is 4.25. The van der Waals surface area contributed by atoms with Crippen molar-refractivity contribution < 1.29 is 0 Å². The summed E-state index contributed by atoms with van der Waals surface area (Å²) in [4.78, 5) is 0.970. The molecule has 0 aromatic heterocycles. The fourth-order valence-electron chi connectivity index (χ4n) is 0.590. The Morgan fingerprint density at radius 3 is 2.36 bits per heavy atom. The molecule has 0 radical (unpaired) electrons. The summed E-state index contributed by atoms with van der Waals surface area (Å²) >= 11 is 4.31. The summed E-state index contributed by atoms with van der Waals surface area (Å²) in [5.74, 6) is 0.476. The highest BCUT2D eigenvalue weighted by atomic mass is 32.1. The van der Waals surface area contributed by atoms with Crippen molar-refractivity contribution in [1.29, 1.82) is 0 Å². The van der Waals surface area contributed by atoms with Crippen molar-refractivity contribution in [3.63, 3.8) is 0 Å². The number of rotatable bonds is 3. The van der Waals surface area contributed by atoms with Crippen molar-refractivity contribution in [3.8, 4) is 0 Å². The monoisotopic (exact) mass is 168 g/mol. The van der Waals surface area contributed by atoms with Crippen LogP contribution in [-0.2, 0) is 0 Å². The van der Waals surface area contributed by atoms with Gasteiger partial charge < -0.3 is 0 Å². The maximum Gasteiger partial charge on any atom is 0.00686 e. The Hall–Kier alpha value is -0.430. The predicted molar refractivity (Wildman–Crippen MR) is 55.9 cm³/mol. The molecular formula is C10H16S. The Morgan fingerprint density at radius 1 is 1.45 bits per heavy atom. The molecule has 0 aromatic rings. The van der Waals surface area contributed by atoms with Crippen LogP contribution in [0.1, 0.15) is 20.8 Å². The summed E-state index contributed by atoms with van der Waals surface area (Å²) in [5, 5.41) is 0. The molecule has 11 heavy (non-hydrogen) atoms. The molecular weight excluding hydrogens is 152 g/mol. The van der Waals surface area contributed by atoms with Gasteiger partial charge in [-0.1, -0.05) is 32.6 Å². The second-order valence-corrected chi connectivity index (χ2v) is 3.24. The third-order valence-corrected chi connectivity index (χ3v) is 1.91. The van der Waals surface area contributed by atoms with Gasteiger partial charge in [-0.3, -0.25) is 0 Å². The SMILES string of the molecule is C=C(/C(S)=C\C=C/C)C(C)C. The molecule has 0 saturated heterocycles. The van der Waals surface area contributed by atoms with Gasteiger partial charge in [-0.05, 0) is 24.5 Å². The maximum absolute atomic E-state index is 4.31. The fourth-order valence-corrected chi connectivity index (χ4v) is 0.934. The molecule has 0 aliphatic rings.